The number of nitro groups is 1. The number of ether oxygens (including phenoxy) is 1. The second-order valence-corrected chi connectivity index (χ2v) is 7.17. The molecule has 0 unspecified atom stereocenters. The Bertz CT molecular complexity index is 678. The van der Waals surface area contributed by atoms with Gasteiger partial charge < -0.3 is 9.64 Å². The molecule has 0 atom stereocenters. The fourth-order valence-electron chi connectivity index (χ4n) is 3.29. The molecule has 0 bridgehead atoms. The predicted molar refractivity (Wildman–Crippen MR) is 105 cm³/mol. The summed E-state index contributed by atoms with van der Waals surface area (Å²) in [5.74, 6) is -1.08. The van der Waals surface area contributed by atoms with Gasteiger partial charge in [-0.15, -0.1) is 0 Å². The van der Waals surface area contributed by atoms with Crippen molar-refractivity contribution in [1.29, 1.82) is 0 Å². The molecule has 0 spiro atoms. The molecule has 0 aliphatic carbocycles. The SMILES string of the molecule is CCCCCCN(CCN1CCOCC1)C(=O)c1cc(F)c(C)c([N+](=O)[O-])c1. The molecule has 1 aromatic carbocycles. The zero-order valence-electron chi connectivity index (χ0n) is 16.8. The lowest BCUT2D eigenvalue weighted by Crippen LogP contribution is -2.43. The number of hydrogen-bond donors (Lipinski definition) is 0. The number of amides is 1. The van der Waals surface area contributed by atoms with Crippen LogP contribution < -0.4 is 0 Å². The van der Waals surface area contributed by atoms with Crippen molar-refractivity contribution in [2.24, 2.45) is 0 Å². The van der Waals surface area contributed by atoms with Crippen molar-refractivity contribution in [2.75, 3.05) is 45.9 Å². The number of carbonyl (C=O) groups excluding carboxylic acids is 1. The van der Waals surface area contributed by atoms with Crippen molar-refractivity contribution in [3.8, 4) is 0 Å². The zero-order valence-corrected chi connectivity index (χ0v) is 16.8. The van der Waals surface area contributed by atoms with Gasteiger partial charge in [-0.1, -0.05) is 26.2 Å². The number of unbranched alkanes of at least 4 members (excludes halogenated alkanes) is 3. The van der Waals surface area contributed by atoms with Crippen molar-refractivity contribution in [2.45, 2.75) is 39.5 Å². The lowest BCUT2D eigenvalue weighted by molar-refractivity contribution is -0.385. The van der Waals surface area contributed by atoms with Crippen LogP contribution in [-0.4, -0.2) is 66.6 Å². The molecule has 1 saturated heterocycles. The van der Waals surface area contributed by atoms with E-state index in [1.54, 1.807) is 4.90 Å². The zero-order chi connectivity index (χ0) is 20.5. The smallest absolute Gasteiger partial charge is 0.276 e. The van der Waals surface area contributed by atoms with Crippen molar-refractivity contribution in [1.82, 2.24) is 9.80 Å². The molecular formula is C20H30FN3O4. The average molecular weight is 395 g/mol. The van der Waals surface area contributed by atoms with Crippen molar-refractivity contribution < 1.29 is 18.8 Å². The Morgan fingerprint density at radius 2 is 1.96 bits per heavy atom. The van der Waals surface area contributed by atoms with Crippen LogP contribution in [0.4, 0.5) is 10.1 Å². The highest BCUT2D eigenvalue weighted by atomic mass is 19.1. The quantitative estimate of drug-likeness (QED) is 0.345. The van der Waals surface area contributed by atoms with Gasteiger partial charge in [0.15, 0.2) is 0 Å². The third kappa shape index (κ3) is 6.24. The highest BCUT2D eigenvalue weighted by Gasteiger charge is 2.23. The van der Waals surface area contributed by atoms with Gasteiger partial charge >= 0.3 is 0 Å². The minimum absolute atomic E-state index is 0.0345. The van der Waals surface area contributed by atoms with E-state index in [0.717, 1.165) is 44.8 Å². The molecule has 0 saturated carbocycles. The molecule has 156 valence electrons. The number of carbonyl (C=O) groups is 1. The van der Waals surface area contributed by atoms with E-state index < -0.39 is 10.7 Å². The molecule has 1 fully saturated rings. The summed E-state index contributed by atoms with van der Waals surface area (Å²) in [6.45, 7) is 8.25. The molecule has 0 radical (unpaired) electrons. The van der Waals surface area contributed by atoms with E-state index in [1.165, 1.54) is 13.0 Å². The van der Waals surface area contributed by atoms with Crippen LogP contribution in [0.2, 0.25) is 0 Å². The first kappa shape index (κ1) is 22.2. The van der Waals surface area contributed by atoms with Crippen molar-refractivity contribution in [3.63, 3.8) is 0 Å². The first-order valence-electron chi connectivity index (χ1n) is 9.98. The topological polar surface area (TPSA) is 75.9 Å². The van der Waals surface area contributed by atoms with Gasteiger partial charge in [-0.2, -0.15) is 0 Å². The Morgan fingerprint density at radius 3 is 2.61 bits per heavy atom. The molecule has 1 aliphatic heterocycles. The second-order valence-electron chi connectivity index (χ2n) is 7.17. The largest absolute Gasteiger partial charge is 0.379 e. The molecule has 1 heterocycles. The molecule has 1 aliphatic rings. The average Bonchev–Trinajstić information content (AvgIpc) is 2.69. The van der Waals surface area contributed by atoms with Gasteiger partial charge in [-0.25, -0.2) is 4.39 Å². The fraction of sp³-hybridized carbons (Fsp3) is 0.650. The Balaban J connectivity index is 2.13. The maximum absolute atomic E-state index is 14.2. The van der Waals surface area contributed by atoms with Gasteiger partial charge in [0.1, 0.15) is 5.82 Å². The van der Waals surface area contributed by atoms with E-state index in [-0.39, 0.29) is 22.7 Å². The molecule has 2 rings (SSSR count). The minimum atomic E-state index is -0.725. The molecule has 0 aromatic heterocycles. The summed E-state index contributed by atoms with van der Waals surface area (Å²) < 4.78 is 19.5. The lowest BCUT2D eigenvalue weighted by atomic mass is 10.1. The van der Waals surface area contributed by atoms with Crippen molar-refractivity contribution >= 4 is 11.6 Å². The third-order valence-corrected chi connectivity index (χ3v) is 5.12. The summed E-state index contributed by atoms with van der Waals surface area (Å²) in [5, 5.41) is 11.2. The normalized spacial score (nSPS) is 14.8. The highest BCUT2D eigenvalue weighted by molar-refractivity contribution is 5.95. The van der Waals surface area contributed by atoms with Crippen molar-refractivity contribution in [3.05, 3.63) is 39.2 Å². The summed E-state index contributed by atoms with van der Waals surface area (Å²) in [4.78, 5) is 27.5. The van der Waals surface area contributed by atoms with Gasteiger partial charge in [0, 0.05) is 44.4 Å². The monoisotopic (exact) mass is 395 g/mol. The van der Waals surface area contributed by atoms with Gasteiger partial charge in [0.2, 0.25) is 0 Å². The van der Waals surface area contributed by atoms with E-state index in [9.17, 15) is 19.3 Å². The maximum Gasteiger partial charge on any atom is 0.276 e. The highest BCUT2D eigenvalue weighted by Crippen LogP contribution is 2.24. The number of morpholine rings is 1. The molecule has 0 N–H and O–H groups in total. The number of hydrogen-bond acceptors (Lipinski definition) is 5. The molecule has 28 heavy (non-hydrogen) atoms. The molecule has 7 nitrogen and oxygen atoms in total. The molecule has 8 heteroatoms. The molecular weight excluding hydrogens is 365 g/mol. The number of rotatable bonds is 10. The van der Waals surface area contributed by atoms with E-state index >= 15 is 0 Å². The lowest BCUT2D eigenvalue weighted by Gasteiger charge is -2.30. The van der Waals surface area contributed by atoms with Crippen LogP contribution in [0.15, 0.2) is 12.1 Å². The third-order valence-electron chi connectivity index (χ3n) is 5.12. The molecule has 1 amide bonds. The number of halogens is 1. The van der Waals surface area contributed by atoms with Gasteiger partial charge in [0.25, 0.3) is 11.6 Å². The van der Waals surface area contributed by atoms with Crippen LogP contribution in [-0.2, 0) is 4.74 Å². The number of benzene rings is 1. The Hall–Kier alpha value is -2.06. The van der Waals surface area contributed by atoms with Crippen LogP contribution >= 0.6 is 0 Å². The first-order chi connectivity index (χ1) is 13.4. The van der Waals surface area contributed by atoms with Crippen LogP contribution in [0.5, 0.6) is 0 Å². The fourth-order valence-corrected chi connectivity index (χ4v) is 3.29. The number of nitro benzene ring substituents is 1. The van der Waals surface area contributed by atoms with E-state index in [4.69, 9.17) is 4.74 Å². The predicted octanol–water partition coefficient (Wildman–Crippen LogP) is 3.40. The van der Waals surface area contributed by atoms with Gasteiger partial charge in [-0.3, -0.25) is 19.8 Å². The Labute approximate surface area is 165 Å². The van der Waals surface area contributed by atoms with Crippen LogP contribution in [0.3, 0.4) is 0 Å². The van der Waals surface area contributed by atoms with Gasteiger partial charge in [0.05, 0.1) is 23.7 Å². The van der Waals surface area contributed by atoms with Crippen LogP contribution in [0.25, 0.3) is 0 Å². The van der Waals surface area contributed by atoms with Crippen LogP contribution in [0, 0.1) is 22.9 Å². The maximum atomic E-state index is 14.2. The number of nitrogens with zero attached hydrogens (tertiary/aromatic N) is 3. The van der Waals surface area contributed by atoms with E-state index in [0.29, 0.717) is 32.8 Å². The summed E-state index contributed by atoms with van der Waals surface area (Å²) in [6.07, 6.45) is 4.06. The van der Waals surface area contributed by atoms with Gasteiger partial charge in [-0.05, 0) is 19.4 Å². The summed E-state index contributed by atoms with van der Waals surface area (Å²) >= 11 is 0. The Kier molecular flexibility index (Phi) is 8.79. The van der Waals surface area contributed by atoms with E-state index in [2.05, 4.69) is 11.8 Å². The summed E-state index contributed by atoms with van der Waals surface area (Å²) in [7, 11) is 0. The first-order valence-corrected chi connectivity index (χ1v) is 9.98. The van der Waals surface area contributed by atoms with Crippen LogP contribution in [0.1, 0.15) is 48.5 Å². The molecule has 1 aromatic rings. The Morgan fingerprint density at radius 1 is 1.25 bits per heavy atom. The second kappa shape index (κ2) is 11.1. The summed E-state index contributed by atoms with van der Waals surface area (Å²) in [6, 6.07) is 2.30. The standard InChI is InChI=1S/C20H30FN3O4/c1-3-4-5-6-7-23(9-8-22-10-12-28-13-11-22)20(25)17-14-18(21)16(2)19(15-17)24(26)27/h14-15H,3-13H2,1-2H3. The van der Waals surface area contributed by atoms with E-state index in [1.807, 2.05) is 0 Å². The summed E-state index contributed by atoms with van der Waals surface area (Å²) in [5.41, 5.74) is -0.376. The minimum Gasteiger partial charge on any atom is -0.379 e.